The van der Waals surface area contributed by atoms with Crippen LogP contribution in [0.5, 0.6) is 0 Å². The normalized spacial score (nSPS) is 17.8. The van der Waals surface area contributed by atoms with Crippen LogP contribution in [-0.2, 0) is 20.9 Å². The van der Waals surface area contributed by atoms with E-state index in [1.54, 1.807) is 9.58 Å². The van der Waals surface area contributed by atoms with Crippen LogP contribution < -0.4 is 10.6 Å². The van der Waals surface area contributed by atoms with Gasteiger partial charge in [0.05, 0.1) is 12.2 Å². The van der Waals surface area contributed by atoms with E-state index in [0.717, 1.165) is 29.1 Å². The minimum Gasteiger partial charge on any atom is -0.354 e. The van der Waals surface area contributed by atoms with Crippen molar-refractivity contribution in [3.63, 3.8) is 0 Å². The van der Waals surface area contributed by atoms with E-state index in [0.29, 0.717) is 25.6 Å². The van der Waals surface area contributed by atoms with Gasteiger partial charge in [-0.2, -0.15) is 5.10 Å². The minimum absolute atomic E-state index is 0.0501. The number of piperidine rings is 1. The van der Waals surface area contributed by atoms with Gasteiger partial charge in [-0.25, -0.2) is 4.79 Å². The van der Waals surface area contributed by atoms with Crippen LogP contribution in [0.15, 0.2) is 6.07 Å². The van der Waals surface area contributed by atoms with Crippen molar-refractivity contribution in [2.24, 2.45) is 5.92 Å². The van der Waals surface area contributed by atoms with Crippen molar-refractivity contribution in [1.82, 2.24) is 30.2 Å². The highest BCUT2D eigenvalue weighted by Crippen LogP contribution is 2.17. The molecule has 0 aliphatic carbocycles. The van der Waals surface area contributed by atoms with E-state index in [-0.39, 0.29) is 37.4 Å². The van der Waals surface area contributed by atoms with Crippen molar-refractivity contribution in [2.75, 3.05) is 32.7 Å². The zero-order chi connectivity index (χ0) is 20.3. The van der Waals surface area contributed by atoms with Crippen molar-refractivity contribution in [1.29, 1.82) is 0 Å². The van der Waals surface area contributed by atoms with E-state index >= 15 is 0 Å². The maximum absolute atomic E-state index is 12.3. The smallest absolute Gasteiger partial charge is 0.325 e. The summed E-state index contributed by atoms with van der Waals surface area (Å²) in [5, 5.41) is 9.63. The number of urea groups is 1. The highest BCUT2D eigenvalue weighted by molar-refractivity contribution is 6.04. The van der Waals surface area contributed by atoms with Crippen LogP contribution in [0, 0.1) is 19.8 Å². The fourth-order valence-electron chi connectivity index (χ4n) is 3.52. The molecule has 152 valence electrons. The van der Waals surface area contributed by atoms with Gasteiger partial charge in [0.25, 0.3) is 5.91 Å². The molecule has 0 aromatic carbocycles. The van der Waals surface area contributed by atoms with E-state index in [4.69, 9.17) is 0 Å². The molecule has 1 aromatic rings. The molecule has 2 aliphatic heterocycles. The van der Waals surface area contributed by atoms with Crippen LogP contribution in [0.3, 0.4) is 0 Å². The van der Waals surface area contributed by atoms with Crippen LogP contribution in [0.25, 0.3) is 0 Å². The number of rotatable bonds is 6. The molecule has 0 spiro atoms. The van der Waals surface area contributed by atoms with Gasteiger partial charge in [0.1, 0.15) is 13.1 Å². The van der Waals surface area contributed by atoms with Crippen LogP contribution in [-0.4, -0.2) is 76.1 Å². The number of imide groups is 1. The van der Waals surface area contributed by atoms with Crippen molar-refractivity contribution in [2.45, 2.75) is 33.2 Å². The summed E-state index contributed by atoms with van der Waals surface area (Å²) in [5.41, 5.74) is 1.83. The molecular weight excluding hydrogens is 364 g/mol. The maximum Gasteiger partial charge on any atom is 0.325 e. The fraction of sp³-hybridized carbons (Fsp3) is 0.611. The molecule has 0 bridgehead atoms. The van der Waals surface area contributed by atoms with Crippen LogP contribution >= 0.6 is 0 Å². The molecule has 0 radical (unpaired) electrons. The van der Waals surface area contributed by atoms with E-state index in [9.17, 15) is 19.2 Å². The Morgan fingerprint density at radius 1 is 1.21 bits per heavy atom. The highest BCUT2D eigenvalue weighted by Gasteiger charge is 2.32. The Morgan fingerprint density at radius 3 is 2.50 bits per heavy atom. The molecule has 3 rings (SSSR count). The lowest BCUT2D eigenvalue weighted by molar-refractivity contribution is -0.137. The van der Waals surface area contributed by atoms with Gasteiger partial charge in [0.15, 0.2) is 0 Å². The average Bonchev–Trinajstić information content (AvgIpc) is 3.15. The lowest BCUT2D eigenvalue weighted by Gasteiger charge is -2.32. The van der Waals surface area contributed by atoms with Gasteiger partial charge in [-0.15, -0.1) is 0 Å². The Bertz CT molecular complexity index is 765. The first kappa shape index (κ1) is 19.8. The second-order valence-electron chi connectivity index (χ2n) is 7.35. The molecule has 3 heterocycles. The van der Waals surface area contributed by atoms with Crippen LogP contribution in [0.4, 0.5) is 4.79 Å². The molecule has 0 saturated carbocycles. The molecule has 0 unspecified atom stereocenters. The first-order valence-corrected chi connectivity index (χ1v) is 9.47. The van der Waals surface area contributed by atoms with Crippen LogP contribution in [0.2, 0.25) is 0 Å². The molecule has 2 fully saturated rings. The molecule has 28 heavy (non-hydrogen) atoms. The Morgan fingerprint density at radius 2 is 1.93 bits per heavy atom. The van der Waals surface area contributed by atoms with Gasteiger partial charge >= 0.3 is 6.03 Å². The molecule has 2 aliphatic rings. The summed E-state index contributed by atoms with van der Waals surface area (Å²) in [6, 6.07) is 1.41. The second-order valence-corrected chi connectivity index (χ2v) is 7.35. The highest BCUT2D eigenvalue weighted by atomic mass is 16.2. The first-order valence-electron chi connectivity index (χ1n) is 9.47. The van der Waals surface area contributed by atoms with Crippen LogP contribution in [0.1, 0.15) is 24.2 Å². The number of hydrogen-bond acceptors (Lipinski definition) is 5. The molecule has 2 saturated heterocycles. The number of nitrogens with zero attached hydrogens (tertiary/aromatic N) is 4. The Balaban J connectivity index is 1.38. The Labute approximate surface area is 163 Å². The first-order chi connectivity index (χ1) is 13.3. The molecule has 5 amide bonds. The van der Waals surface area contributed by atoms with Gasteiger partial charge in [0, 0.05) is 25.3 Å². The number of aryl methyl sites for hydroxylation is 2. The van der Waals surface area contributed by atoms with Gasteiger partial charge in [0.2, 0.25) is 11.8 Å². The molecule has 0 atom stereocenters. The SMILES string of the molecule is Cc1cc(C)n(CC(=O)NCC2CCN(C(=O)CN3C(=O)CNC3=O)CC2)n1. The third-order valence-corrected chi connectivity index (χ3v) is 5.18. The summed E-state index contributed by atoms with van der Waals surface area (Å²) < 4.78 is 1.68. The Hall–Kier alpha value is -2.91. The maximum atomic E-state index is 12.3. The lowest BCUT2D eigenvalue weighted by Crippen LogP contribution is -2.47. The van der Waals surface area contributed by atoms with Gasteiger partial charge in [-0.1, -0.05) is 0 Å². The van der Waals surface area contributed by atoms with Crippen molar-refractivity contribution >= 4 is 23.8 Å². The van der Waals surface area contributed by atoms with Crippen molar-refractivity contribution < 1.29 is 19.2 Å². The van der Waals surface area contributed by atoms with Gasteiger partial charge in [-0.05, 0) is 38.7 Å². The zero-order valence-corrected chi connectivity index (χ0v) is 16.2. The largest absolute Gasteiger partial charge is 0.354 e. The third-order valence-electron chi connectivity index (χ3n) is 5.18. The molecular formula is C18H26N6O4. The summed E-state index contributed by atoms with van der Waals surface area (Å²) in [5.74, 6) is -0.385. The predicted molar refractivity (Wildman–Crippen MR) is 99.1 cm³/mol. The standard InChI is InChI=1S/C18H26N6O4/c1-12-7-13(2)24(21-12)10-15(25)19-8-14-3-5-22(6-4-14)17(27)11-23-16(26)9-20-18(23)28/h7,14H,3-6,8-11H2,1-2H3,(H,19,25)(H,20,28). The second kappa shape index (κ2) is 8.41. The summed E-state index contributed by atoms with van der Waals surface area (Å²) in [6.45, 7) is 5.42. The number of carbonyl (C=O) groups excluding carboxylic acids is 4. The molecule has 1 aromatic heterocycles. The van der Waals surface area contributed by atoms with Crippen molar-refractivity contribution in [3.8, 4) is 0 Å². The summed E-state index contributed by atoms with van der Waals surface area (Å²) in [7, 11) is 0. The number of amides is 5. The minimum atomic E-state index is -0.515. The topological polar surface area (TPSA) is 117 Å². The monoisotopic (exact) mass is 390 g/mol. The number of hydrogen-bond donors (Lipinski definition) is 2. The number of carbonyl (C=O) groups is 4. The van der Waals surface area contributed by atoms with E-state index in [2.05, 4.69) is 15.7 Å². The van der Waals surface area contributed by atoms with E-state index in [1.807, 2.05) is 19.9 Å². The van der Waals surface area contributed by atoms with Gasteiger partial charge < -0.3 is 15.5 Å². The lowest BCUT2D eigenvalue weighted by atomic mass is 9.96. The molecule has 10 nitrogen and oxygen atoms in total. The zero-order valence-electron chi connectivity index (χ0n) is 16.2. The summed E-state index contributed by atoms with van der Waals surface area (Å²) >= 11 is 0. The number of nitrogens with one attached hydrogen (secondary N) is 2. The molecule has 10 heteroatoms. The number of likely N-dealkylation sites (tertiary alicyclic amines) is 1. The quantitative estimate of drug-likeness (QED) is 0.630. The van der Waals surface area contributed by atoms with Crippen molar-refractivity contribution in [3.05, 3.63) is 17.5 Å². The summed E-state index contributed by atoms with van der Waals surface area (Å²) in [6.07, 6.45) is 1.54. The molecule has 2 N–H and O–H groups in total. The van der Waals surface area contributed by atoms with E-state index < -0.39 is 6.03 Å². The third kappa shape index (κ3) is 4.68. The number of aromatic nitrogens is 2. The van der Waals surface area contributed by atoms with E-state index in [1.165, 1.54) is 0 Å². The average molecular weight is 390 g/mol. The summed E-state index contributed by atoms with van der Waals surface area (Å²) in [4.78, 5) is 50.2. The predicted octanol–water partition coefficient (Wildman–Crippen LogP) is -0.593. The fourth-order valence-corrected chi connectivity index (χ4v) is 3.52. The Kier molecular flexibility index (Phi) is 5.96. The van der Waals surface area contributed by atoms with Gasteiger partial charge in [-0.3, -0.25) is 24.0 Å².